The van der Waals surface area contributed by atoms with E-state index in [-0.39, 0.29) is 13.2 Å². The molecule has 4 N–H and O–H groups in total. The molecule has 0 saturated carbocycles. The van der Waals surface area contributed by atoms with Gasteiger partial charge in [-0.05, 0) is 42.5 Å². The fraction of sp³-hybridized carbons (Fsp3) is 0.333. The van der Waals surface area contributed by atoms with Crippen LogP contribution < -0.4 is 20.1 Å². The number of anilines is 2. The van der Waals surface area contributed by atoms with Crippen LogP contribution in [-0.2, 0) is 10.0 Å². The number of nitrogens with one attached hydrogen (secondary N) is 3. The van der Waals surface area contributed by atoms with E-state index in [2.05, 4.69) is 15.4 Å². The predicted molar refractivity (Wildman–Crippen MR) is 104 cm³/mol. The van der Waals surface area contributed by atoms with Crippen LogP contribution in [0, 0.1) is 11.6 Å². The summed E-state index contributed by atoms with van der Waals surface area (Å²) < 4.78 is 56.0. The highest BCUT2D eigenvalue weighted by atomic mass is 32.2. The molecule has 1 atom stereocenters. The lowest BCUT2D eigenvalue weighted by Gasteiger charge is -2.14. The minimum Gasteiger partial charge on any atom is -0.491 e. The van der Waals surface area contributed by atoms with Crippen LogP contribution >= 0.6 is 0 Å². The minimum absolute atomic E-state index is 0.0580. The average Bonchev–Trinajstić information content (AvgIpc) is 2.62. The Morgan fingerprint density at radius 2 is 1.71 bits per heavy atom. The lowest BCUT2D eigenvalue weighted by molar-refractivity contribution is 0.107. The number of sulfonamides is 1. The molecular weight excluding hydrogens is 392 g/mol. The second kappa shape index (κ2) is 10.2. The Kier molecular flexibility index (Phi) is 7.97. The number of aliphatic hydroxyl groups excluding tert-OH is 1. The van der Waals surface area contributed by atoms with Gasteiger partial charge in [0.1, 0.15) is 18.5 Å². The standard InChI is InChI=1S/C18H23F2N3O4S/c1-28(25,26)23-13-2-5-16(6-3-13)27-12-15(24)11-21-8-9-22-14-4-7-17(19)18(20)10-14/h2-7,10,15,21-24H,8-9,11-12H2,1H3/t15-/m0/s1. The summed E-state index contributed by atoms with van der Waals surface area (Å²) >= 11 is 0. The van der Waals surface area contributed by atoms with Crippen LogP contribution in [0.15, 0.2) is 42.5 Å². The lowest BCUT2D eigenvalue weighted by atomic mass is 10.3. The summed E-state index contributed by atoms with van der Waals surface area (Å²) in [6, 6.07) is 9.89. The molecule has 7 nitrogen and oxygen atoms in total. The SMILES string of the molecule is CS(=O)(=O)Nc1ccc(OC[C@@H](O)CNCCNc2ccc(F)c(F)c2)cc1. The van der Waals surface area contributed by atoms with Crippen molar-refractivity contribution in [1.82, 2.24) is 5.32 Å². The van der Waals surface area contributed by atoms with E-state index in [9.17, 15) is 22.3 Å². The quantitative estimate of drug-likeness (QED) is 0.418. The molecule has 0 fully saturated rings. The molecule has 0 radical (unpaired) electrons. The van der Waals surface area contributed by atoms with Gasteiger partial charge in [0.05, 0.1) is 6.26 Å². The van der Waals surface area contributed by atoms with Crippen molar-refractivity contribution in [3.8, 4) is 5.75 Å². The van der Waals surface area contributed by atoms with Gasteiger partial charge in [0, 0.05) is 31.0 Å². The lowest BCUT2D eigenvalue weighted by Crippen LogP contribution is -2.34. The van der Waals surface area contributed by atoms with Gasteiger partial charge >= 0.3 is 0 Å². The maximum atomic E-state index is 13.1. The average molecular weight is 415 g/mol. The topological polar surface area (TPSA) is 99.7 Å². The van der Waals surface area contributed by atoms with E-state index in [0.717, 1.165) is 18.4 Å². The van der Waals surface area contributed by atoms with Crippen LogP contribution in [0.25, 0.3) is 0 Å². The van der Waals surface area contributed by atoms with Crippen LogP contribution in [0.4, 0.5) is 20.2 Å². The number of ether oxygens (including phenoxy) is 1. The molecule has 2 rings (SSSR count). The number of benzene rings is 2. The fourth-order valence-corrected chi connectivity index (χ4v) is 2.82. The van der Waals surface area contributed by atoms with Gasteiger partial charge in [-0.15, -0.1) is 0 Å². The normalized spacial score (nSPS) is 12.4. The molecule has 0 aliphatic heterocycles. The fourth-order valence-electron chi connectivity index (χ4n) is 2.25. The second-order valence-corrected chi connectivity index (χ2v) is 7.87. The number of hydrogen-bond donors (Lipinski definition) is 4. The smallest absolute Gasteiger partial charge is 0.229 e. The third-order valence-corrected chi connectivity index (χ3v) is 4.14. The largest absolute Gasteiger partial charge is 0.491 e. The van der Waals surface area contributed by atoms with Gasteiger partial charge in [0.15, 0.2) is 11.6 Å². The third-order valence-electron chi connectivity index (χ3n) is 3.53. The van der Waals surface area contributed by atoms with Crippen molar-refractivity contribution < 1.29 is 27.0 Å². The highest BCUT2D eigenvalue weighted by Gasteiger charge is 2.06. The Morgan fingerprint density at radius 1 is 1.04 bits per heavy atom. The minimum atomic E-state index is -3.33. The van der Waals surface area contributed by atoms with Gasteiger partial charge in [0.25, 0.3) is 0 Å². The Bertz CT molecular complexity index is 864. The van der Waals surface area contributed by atoms with E-state index in [4.69, 9.17) is 4.74 Å². The van der Waals surface area contributed by atoms with Crippen molar-refractivity contribution in [3.63, 3.8) is 0 Å². The summed E-state index contributed by atoms with van der Waals surface area (Å²) in [5.74, 6) is -1.31. The zero-order chi connectivity index (χ0) is 20.6. The summed E-state index contributed by atoms with van der Waals surface area (Å²) in [4.78, 5) is 0. The van der Waals surface area contributed by atoms with Crippen LogP contribution in [0.2, 0.25) is 0 Å². The van der Waals surface area contributed by atoms with E-state index >= 15 is 0 Å². The molecule has 2 aromatic rings. The number of rotatable bonds is 11. The first-order chi connectivity index (χ1) is 13.2. The Labute approximate surface area is 162 Å². The summed E-state index contributed by atoms with van der Waals surface area (Å²) in [7, 11) is -3.33. The molecule has 10 heteroatoms. The Balaban J connectivity index is 1.62. The van der Waals surface area contributed by atoms with Crippen LogP contribution in [0.1, 0.15) is 0 Å². The number of aliphatic hydroxyl groups is 1. The van der Waals surface area contributed by atoms with Gasteiger partial charge < -0.3 is 20.5 Å². The van der Waals surface area contributed by atoms with Gasteiger partial charge in [-0.2, -0.15) is 0 Å². The zero-order valence-electron chi connectivity index (χ0n) is 15.3. The molecule has 28 heavy (non-hydrogen) atoms. The highest BCUT2D eigenvalue weighted by Crippen LogP contribution is 2.16. The van der Waals surface area contributed by atoms with E-state index in [1.807, 2.05) is 0 Å². The highest BCUT2D eigenvalue weighted by molar-refractivity contribution is 7.92. The summed E-state index contributed by atoms with van der Waals surface area (Å²) in [5.41, 5.74) is 0.893. The third kappa shape index (κ3) is 8.07. The van der Waals surface area contributed by atoms with Crippen molar-refractivity contribution in [2.45, 2.75) is 6.10 Å². The molecule has 0 unspecified atom stereocenters. The second-order valence-electron chi connectivity index (χ2n) is 6.12. The van der Waals surface area contributed by atoms with Gasteiger partial charge in [-0.25, -0.2) is 17.2 Å². The maximum Gasteiger partial charge on any atom is 0.229 e. The van der Waals surface area contributed by atoms with Gasteiger partial charge in [-0.1, -0.05) is 0 Å². The molecule has 0 heterocycles. The number of hydrogen-bond acceptors (Lipinski definition) is 6. The first kappa shape index (κ1) is 21.9. The Morgan fingerprint density at radius 3 is 2.36 bits per heavy atom. The van der Waals surface area contributed by atoms with Gasteiger partial charge in [0.2, 0.25) is 10.0 Å². The molecule has 154 valence electrons. The predicted octanol–water partition coefficient (Wildman–Crippen LogP) is 1.78. The summed E-state index contributed by atoms with van der Waals surface area (Å²) in [6.07, 6.45) is 0.311. The molecule has 0 saturated heterocycles. The van der Waals surface area contributed by atoms with Crippen molar-refractivity contribution in [1.29, 1.82) is 0 Å². The molecular formula is C18H23F2N3O4S. The van der Waals surface area contributed by atoms with E-state index in [1.54, 1.807) is 24.3 Å². The molecule has 0 amide bonds. The summed E-state index contributed by atoms with van der Waals surface area (Å²) in [5, 5.41) is 15.9. The van der Waals surface area contributed by atoms with Crippen LogP contribution in [-0.4, -0.2) is 52.1 Å². The van der Waals surface area contributed by atoms with Crippen LogP contribution in [0.5, 0.6) is 5.75 Å². The monoisotopic (exact) mass is 415 g/mol. The Hall–Kier alpha value is -2.43. The van der Waals surface area contributed by atoms with Crippen molar-refractivity contribution in [2.75, 3.05) is 42.5 Å². The van der Waals surface area contributed by atoms with Crippen LogP contribution in [0.3, 0.4) is 0 Å². The van der Waals surface area contributed by atoms with Gasteiger partial charge in [-0.3, -0.25) is 4.72 Å². The molecule has 0 aliphatic rings. The molecule has 0 spiro atoms. The number of halogens is 2. The van der Waals surface area contributed by atoms with Crippen molar-refractivity contribution in [2.24, 2.45) is 0 Å². The van der Waals surface area contributed by atoms with E-state index < -0.39 is 27.8 Å². The molecule has 0 aliphatic carbocycles. The molecule has 0 bridgehead atoms. The summed E-state index contributed by atoms with van der Waals surface area (Å²) in [6.45, 7) is 1.31. The zero-order valence-corrected chi connectivity index (χ0v) is 16.1. The van der Waals surface area contributed by atoms with Crippen molar-refractivity contribution in [3.05, 3.63) is 54.1 Å². The van der Waals surface area contributed by atoms with Crippen molar-refractivity contribution >= 4 is 21.4 Å². The first-order valence-electron chi connectivity index (χ1n) is 8.51. The van der Waals surface area contributed by atoms with E-state index in [1.165, 1.54) is 6.07 Å². The molecule has 2 aromatic carbocycles. The molecule has 0 aromatic heterocycles. The first-order valence-corrected chi connectivity index (χ1v) is 10.4. The maximum absolute atomic E-state index is 13.1. The van der Waals surface area contributed by atoms with E-state index in [0.29, 0.717) is 30.2 Å².